The molecule has 6 nitrogen and oxygen atoms in total. The zero-order chi connectivity index (χ0) is 19.9. The van der Waals surface area contributed by atoms with Crippen LogP contribution in [0.25, 0.3) is 0 Å². The molecule has 0 fully saturated rings. The van der Waals surface area contributed by atoms with Crippen molar-refractivity contribution in [1.82, 2.24) is 5.32 Å². The summed E-state index contributed by atoms with van der Waals surface area (Å²) in [5, 5.41) is 2.94. The third-order valence-electron chi connectivity index (χ3n) is 4.35. The summed E-state index contributed by atoms with van der Waals surface area (Å²) in [6.45, 7) is 2.12. The van der Waals surface area contributed by atoms with Crippen LogP contribution in [0.3, 0.4) is 0 Å². The normalized spacial score (nSPS) is 11.5. The van der Waals surface area contributed by atoms with Gasteiger partial charge in [0.15, 0.2) is 5.76 Å². The molecule has 6 heteroatoms. The molecular formula is C22H23NO5. The predicted octanol–water partition coefficient (Wildman–Crippen LogP) is 4.37. The molecule has 146 valence electrons. The first-order chi connectivity index (χ1) is 13.6. The molecule has 1 aromatic heterocycles. The molecule has 0 aliphatic carbocycles. The monoisotopic (exact) mass is 381 g/mol. The SMILES string of the molecule is COc1ccc(C(C)NC(=O)c2occc2COc2ccccc2)c(OC)c1. The van der Waals surface area contributed by atoms with Gasteiger partial charge in [-0.2, -0.15) is 0 Å². The lowest BCUT2D eigenvalue weighted by Gasteiger charge is -2.18. The minimum absolute atomic E-state index is 0.232. The lowest BCUT2D eigenvalue weighted by Crippen LogP contribution is -2.27. The first-order valence-electron chi connectivity index (χ1n) is 8.89. The van der Waals surface area contributed by atoms with Crippen LogP contribution >= 0.6 is 0 Å². The average molecular weight is 381 g/mol. The van der Waals surface area contributed by atoms with Gasteiger partial charge in [-0.3, -0.25) is 4.79 Å². The van der Waals surface area contributed by atoms with E-state index in [2.05, 4.69) is 5.32 Å². The van der Waals surface area contributed by atoms with Gasteiger partial charge in [0.25, 0.3) is 5.91 Å². The van der Waals surface area contributed by atoms with Crippen molar-refractivity contribution in [1.29, 1.82) is 0 Å². The third-order valence-corrected chi connectivity index (χ3v) is 4.35. The summed E-state index contributed by atoms with van der Waals surface area (Å²) in [7, 11) is 3.17. The number of ether oxygens (including phenoxy) is 3. The number of benzene rings is 2. The Morgan fingerprint density at radius 2 is 1.82 bits per heavy atom. The zero-order valence-electron chi connectivity index (χ0n) is 16.1. The van der Waals surface area contributed by atoms with Gasteiger partial charge in [0.05, 0.1) is 26.5 Å². The Morgan fingerprint density at radius 3 is 2.54 bits per heavy atom. The van der Waals surface area contributed by atoms with Gasteiger partial charge in [-0.15, -0.1) is 0 Å². The molecule has 1 unspecified atom stereocenters. The summed E-state index contributed by atoms with van der Waals surface area (Å²) in [5.74, 6) is 1.97. The van der Waals surface area contributed by atoms with Crippen molar-refractivity contribution >= 4 is 5.91 Å². The summed E-state index contributed by atoms with van der Waals surface area (Å²) in [6, 6.07) is 16.3. The molecule has 1 atom stereocenters. The van der Waals surface area contributed by atoms with Crippen LogP contribution in [0.2, 0.25) is 0 Å². The maximum absolute atomic E-state index is 12.7. The van der Waals surface area contributed by atoms with Crippen molar-refractivity contribution in [3.05, 3.63) is 77.7 Å². The molecule has 3 rings (SSSR count). The summed E-state index contributed by atoms with van der Waals surface area (Å²) in [5.41, 5.74) is 1.51. The fourth-order valence-electron chi connectivity index (χ4n) is 2.84. The van der Waals surface area contributed by atoms with Gasteiger partial charge >= 0.3 is 0 Å². The van der Waals surface area contributed by atoms with Crippen LogP contribution in [0.5, 0.6) is 17.2 Å². The lowest BCUT2D eigenvalue weighted by atomic mass is 10.1. The van der Waals surface area contributed by atoms with Crippen molar-refractivity contribution in [3.63, 3.8) is 0 Å². The molecule has 0 saturated carbocycles. The largest absolute Gasteiger partial charge is 0.497 e. The molecule has 28 heavy (non-hydrogen) atoms. The highest BCUT2D eigenvalue weighted by atomic mass is 16.5. The Hall–Kier alpha value is -3.41. The van der Waals surface area contributed by atoms with E-state index in [0.717, 1.165) is 11.3 Å². The molecule has 3 aromatic rings. The van der Waals surface area contributed by atoms with Crippen molar-refractivity contribution in [2.75, 3.05) is 14.2 Å². The number of furan rings is 1. The predicted molar refractivity (Wildman–Crippen MR) is 105 cm³/mol. The minimum Gasteiger partial charge on any atom is -0.497 e. The van der Waals surface area contributed by atoms with Gasteiger partial charge in [-0.1, -0.05) is 18.2 Å². The van der Waals surface area contributed by atoms with Gasteiger partial charge in [0.1, 0.15) is 23.9 Å². The van der Waals surface area contributed by atoms with E-state index >= 15 is 0 Å². The van der Waals surface area contributed by atoms with Crippen molar-refractivity contribution in [2.24, 2.45) is 0 Å². The van der Waals surface area contributed by atoms with Crippen LogP contribution in [0, 0.1) is 0 Å². The molecule has 1 heterocycles. The molecule has 0 radical (unpaired) electrons. The Kier molecular flexibility index (Phi) is 6.22. The smallest absolute Gasteiger partial charge is 0.287 e. The summed E-state index contributed by atoms with van der Waals surface area (Å²) >= 11 is 0. The molecule has 0 bridgehead atoms. The maximum atomic E-state index is 12.7. The quantitative estimate of drug-likeness (QED) is 0.628. The van der Waals surface area contributed by atoms with Crippen LogP contribution in [0.15, 0.2) is 65.3 Å². The van der Waals surface area contributed by atoms with Crippen LogP contribution in [-0.4, -0.2) is 20.1 Å². The van der Waals surface area contributed by atoms with Crippen molar-refractivity contribution in [2.45, 2.75) is 19.6 Å². The van der Waals surface area contributed by atoms with E-state index in [1.54, 1.807) is 26.4 Å². The van der Waals surface area contributed by atoms with Crippen LogP contribution in [0.4, 0.5) is 0 Å². The number of carbonyl (C=O) groups is 1. The Balaban J connectivity index is 1.69. The molecule has 0 aliphatic heterocycles. The zero-order valence-corrected chi connectivity index (χ0v) is 16.1. The topological polar surface area (TPSA) is 69.9 Å². The standard InChI is InChI=1S/C22H23NO5/c1-15(19-10-9-18(25-2)13-20(19)26-3)23-22(24)21-16(11-12-27-21)14-28-17-7-5-4-6-8-17/h4-13,15H,14H2,1-3H3,(H,23,24). The molecule has 1 N–H and O–H groups in total. The second-order valence-electron chi connectivity index (χ2n) is 6.18. The first-order valence-corrected chi connectivity index (χ1v) is 8.89. The Morgan fingerprint density at radius 1 is 1.04 bits per heavy atom. The number of nitrogens with one attached hydrogen (secondary N) is 1. The van der Waals surface area contributed by atoms with E-state index in [1.807, 2.05) is 49.4 Å². The number of hydrogen-bond acceptors (Lipinski definition) is 5. The van der Waals surface area contributed by atoms with Gasteiger partial charge in [0, 0.05) is 17.2 Å². The fourth-order valence-corrected chi connectivity index (χ4v) is 2.84. The van der Waals surface area contributed by atoms with E-state index in [0.29, 0.717) is 17.1 Å². The number of carbonyl (C=O) groups excluding carboxylic acids is 1. The van der Waals surface area contributed by atoms with Crippen molar-refractivity contribution < 1.29 is 23.4 Å². The third kappa shape index (κ3) is 4.46. The molecule has 0 spiro atoms. The summed E-state index contributed by atoms with van der Waals surface area (Å²) < 4.78 is 21.8. The molecular weight excluding hydrogens is 358 g/mol. The van der Waals surface area contributed by atoms with Gasteiger partial charge in [-0.05, 0) is 37.3 Å². The highest BCUT2D eigenvalue weighted by Gasteiger charge is 2.20. The van der Waals surface area contributed by atoms with E-state index in [-0.39, 0.29) is 24.3 Å². The number of amides is 1. The van der Waals surface area contributed by atoms with E-state index in [4.69, 9.17) is 18.6 Å². The van der Waals surface area contributed by atoms with Gasteiger partial charge in [-0.25, -0.2) is 0 Å². The first kappa shape index (κ1) is 19.4. The number of methoxy groups -OCH3 is 2. The Bertz CT molecular complexity index is 920. The molecule has 1 amide bonds. The maximum Gasteiger partial charge on any atom is 0.287 e. The van der Waals surface area contributed by atoms with E-state index in [9.17, 15) is 4.79 Å². The van der Waals surface area contributed by atoms with E-state index < -0.39 is 0 Å². The van der Waals surface area contributed by atoms with Crippen LogP contribution in [-0.2, 0) is 6.61 Å². The number of hydrogen-bond donors (Lipinski definition) is 1. The highest BCUT2D eigenvalue weighted by Crippen LogP contribution is 2.29. The fraction of sp³-hybridized carbons (Fsp3) is 0.227. The van der Waals surface area contributed by atoms with Crippen LogP contribution in [0.1, 0.15) is 34.6 Å². The molecule has 0 aliphatic rings. The van der Waals surface area contributed by atoms with Gasteiger partial charge < -0.3 is 23.9 Å². The second-order valence-corrected chi connectivity index (χ2v) is 6.18. The minimum atomic E-state index is -0.318. The summed E-state index contributed by atoms with van der Waals surface area (Å²) in [6.07, 6.45) is 1.48. The van der Waals surface area contributed by atoms with Crippen molar-refractivity contribution in [3.8, 4) is 17.2 Å². The molecule has 2 aromatic carbocycles. The lowest BCUT2D eigenvalue weighted by molar-refractivity contribution is 0.0908. The highest BCUT2D eigenvalue weighted by molar-refractivity contribution is 5.93. The number of rotatable bonds is 8. The molecule has 0 saturated heterocycles. The second kappa shape index (κ2) is 8.99. The van der Waals surface area contributed by atoms with E-state index in [1.165, 1.54) is 6.26 Å². The Labute approximate surface area is 164 Å². The number of para-hydroxylation sites is 1. The average Bonchev–Trinajstić information content (AvgIpc) is 3.21. The van der Waals surface area contributed by atoms with Crippen LogP contribution < -0.4 is 19.5 Å². The van der Waals surface area contributed by atoms with Gasteiger partial charge in [0.2, 0.25) is 0 Å². The summed E-state index contributed by atoms with van der Waals surface area (Å²) in [4.78, 5) is 12.7.